The number of sulfonamides is 1. The number of carbonyl (C=O) groups excluding carboxylic acids is 1. The van der Waals surface area contributed by atoms with Crippen LogP contribution in [0.25, 0.3) is 0 Å². The summed E-state index contributed by atoms with van der Waals surface area (Å²) in [7, 11) is -2.04. The van der Waals surface area contributed by atoms with Crippen molar-refractivity contribution in [1.82, 2.24) is 9.62 Å². The molecule has 0 saturated heterocycles. The minimum atomic E-state index is -3.58. The lowest BCUT2D eigenvalue weighted by atomic mass is 10.1. The van der Waals surface area contributed by atoms with Gasteiger partial charge in [-0.1, -0.05) is 19.9 Å². The first kappa shape index (κ1) is 19.6. The Hall–Kier alpha value is -1.40. The van der Waals surface area contributed by atoms with Gasteiger partial charge >= 0.3 is 0 Å². The lowest BCUT2D eigenvalue weighted by Gasteiger charge is -2.21. The molecule has 1 aromatic rings. The summed E-state index contributed by atoms with van der Waals surface area (Å²) in [6.45, 7) is 8.49. The van der Waals surface area contributed by atoms with Crippen LogP contribution in [0.3, 0.4) is 0 Å². The Labute approximate surface area is 140 Å². The molecule has 0 fully saturated rings. The molecule has 23 heavy (non-hydrogen) atoms. The van der Waals surface area contributed by atoms with Crippen molar-refractivity contribution in [3.63, 3.8) is 0 Å². The first-order chi connectivity index (χ1) is 10.7. The lowest BCUT2D eigenvalue weighted by molar-refractivity contribution is 0.0952. The van der Waals surface area contributed by atoms with Crippen LogP contribution in [-0.2, 0) is 10.0 Å². The number of amides is 1. The molecule has 0 bridgehead atoms. The third kappa shape index (κ3) is 5.62. The maximum absolute atomic E-state index is 12.5. The van der Waals surface area contributed by atoms with Gasteiger partial charge in [-0.2, -0.15) is 4.31 Å². The van der Waals surface area contributed by atoms with E-state index in [-0.39, 0.29) is 16.8 Å². The van der Waals surface area contributed by atoms with Crippen molar-refractivity contribution in [1.29, 1.82) is 0 Å². The van der Waals surface area contributed by atoms with Crippen molar-refractivity contribution in [2.45, 2.75) is 51.5 Å². The Morgan fingerprint density at radius 3 is 2.43 bits per heavy atom. The molecule has 5 nitrogen and oxygen atoms in total. The summed E-state index contributed by atoms with van der Waals surface area (Å²) < 4.78 is 26.3. The zero-order valence-corrected chi connectivity index (χ0v) is 15.5. The van der Waals surface area contributed by atoms with Gasteiger partial charge in [0.2, 0.25) is 10.0 Å². The Morgan fingerprint density at radius 2 is 1.87 bits per heavy atom. The van der Waals surface area contributed by atoms with E-state index in [0.29, 0.717) is 18.0 Å². The summed E-state index contributed by atoms with van der Waals surface area (Å²) in [5.74, 6) is 0.366. The molecule has 0 spiro atoms. The van der Waals surface area contributed by atoms with E-state index in [0.717, 1.165) is 12.8 Å². The van der Waals surface area contributed by atoms with Crippen LogP contribution in [0.2, 0.25) is 0 Å². The van der Waals surface area contributed by atoms with E-state index in [2.05, 4.69) is 19.2 Å². The van der Waals surface area contributed by atoms with Crippen LogP contribution in [0.4, 0.5) is 0 Å². The molecule has 0 radical (unpaired) electrons. The third-order valence-electron chi connectivity index (χ3n) is 3.74. The number of rotatable bonds is 8. The van der Waals surface area contributed by atoms with E-state index >= 15 is 0 Å². The SMILES string of the molecule is CC(C)CCCNC(=O)c1cccc(S(=O)(=O)N(C)C(C)C)c1. The van der Waals surface area contributed by atoms with Gasteiger partial charge in [0, 0.05) is 25.2 Å². The topological polar surface area (TPSA) is 66.5 Å². The van der Waals surface area contributed by atoms with Crippen LogP contribution >= 0.6 is 0 Å². The van der Waals surface area contributed by atoms with Crippen molar-refractivity contribution < 1.29 is 13.2 Å². The second-order valence-corrected chi connectivity index (χ2v) is 8.43. The molecule has 0 unspecified atom stereocenters. The zero-order chi connectivity index (χ0) is 17.6. The van der Waals surface area contributed by atoms with Gasteiger partial charge in [0.25, 0.3) is 5.91 Å². The van der Waals surface area contributed by atoms with Gasteiger partial charge in [0.15, 0.2) is 0 Å². The maximum Gasteiger partial charge on any atom is 0.251 e. The number of hydrogen-bond acceptors (Lipinski definition) is 3. The van der Waals surface area contributed by atoms with Crippen molar-refractivity contribution in [2.75, 3.05) is 13.6 Å². The fourth-order valence-corrected chi connectivity index (χ4v) is 3.47. The lowest BCUT2D eigenvalue weighted by Crippen LogP contribution is -2.33. The summed E-state index contributed by atoms with van der Waals surface area (Å²) in [6, 6.07) is 6.04. The normalized spacial score (nSPS) is 12.2. The van der Waals surface area contributed by atoms with E-state index in [1.807, 2.05) is 13.8 Å². The average molecular weight is 340 g/mol. The number of carbonyl (C=O) groups is 1. The van der Waals surface area contributed by atoms with Gasteiger partial charge in [0.05, 0.1) is 4.90 Å². The summed E-state index contributed by atoms with van der Waals surface area (Å²) in [5.41, 5.74) is 0.368. The van der Waals surface area contributed by atoms with Crippen molar-refractivity contribution in [3.8, 4) is 0 Å². The van der Waals surface area contributed by atoms with E-state index in [9.17, 15) is 13.2 Å². The molecule has 1 amide bonds. The van der Waals surface area contributed by atoms with E-state index < -0.39 is 10.0 Å². The Morgan fingerprint density at radius 1 is 1.22 bits per heavy atom. The van der Waals surface area contributed by atoms with Crippen molar-refractivity contribution in [2.24, 2.45) is 5.92 Å². The molecule has 1 aromatic carbocycles. The van der Waals surface area contributed by atoms with E-state index in [1.54, 1.807) is 19.2 Å². The number of benzene rings is 1. The van der Waals surface area contributed by atoms with Crippen LogP contribution in [0, 0.1) is 5.92 Å². The molecule has 0 heterocycles. The van der Waals surface area contributed by atoms with Crippen LogP contribution in [0.5, 0.6) is 0 Å². The van der Waals surface area contributed by atoms with Gasteiger partial charge in [-0.15, -0.1) is 0 Å². The molecule has 6 heteroatoms. The van der Waals surface area contributed by atoms with Gasteiger partial charge in [-0.25, -0.2) is 8.42 Å². The largest absolute Gasteiger partial charge is 0.352 e. The minimum Gasteiger partial charge on any atom is -0.352 e. The highest BCUT2D eigenvalue weighted by molar-refractivity contribution is 7.89. The third-order valence-corrected chi connectivity index (χ3v) is 5.77. The molecular formula is C17H28N2O3S. The standard InChI is InChI=1S/C17H28N2O3S/c1-13(2)8-7-11-18-17(20)15-9-6-10-16(12-15)23(21,22)19(5)14(3)4/h6,9-10,12-14H,7-8,11H2,1-5H3,(H,18,20). The summed E-state index contributed by atoms with van der Waals surface area (Å²) >= 11 is 0. The van der Waals surface area contributed by atoms with Crippen molar-refractivity contribution in [3.05, 3.63) is 29.8 Å². The highest BCUT2D eigenvalue weighted by Gasteiger charge is 2.23. The highest BCUT2D eigenvalue weighted by atomic mass is 32.2. The van der Waals surface area contributed by atoms with E-state index in [4.69, 9.17) is 0 Å². The first-order valence-corrected chi connectivity index (χ1v) is 9.46. The molecule has 0 aliphatic rings. The molecule has 0 atom stereocenters. The van der Waals surface area contributed by atoms with Gasteiger partial charge in [-0.05, 0) is 50.8 Å². The van der Waals surface area contributed by atoms with Crippen molar-refractivity contribution >= 4 is 15.9 Å². The molecule has 0 aliphatic carbocycles. The monoisotopic (exact) mass is 340 g/mol. The molecule has 0 aromatic heterocycles. The predicted octanol–water partition coefficient (Wildman–Crippen LogP) is 2.88. The number of hydrogen-bond donors (Lipinski definition) is 1. The second-order valence-electron chi connectivity index (χ2n) is 6.43. The van der Waals surface area contributed by atoms with Crippen LogP contribution in [0.15, 0.2) is 29.2 Å². The Bertz CT molecular complexity index is 624. The minimum absolute atomic E-state index is 0.142. The van der Waals surface area contributed by atoms with Crippen LogP contribution in [-0.4, -0.2) is 38.3 Å². The van der Waals surface area contributed by atoms with Gasteiger partial charge < -0.3 is 5.32 Å². The maximum atomic E-state index is 12.5. The predicted molar refractivity (Wildman–Crippen MR) is 92.9 cm³/mol. The molecular weight excluding hydrogens is 312 g/mol. The zero-order valence-electron chi connectivity index (χ0n) is 14.7. The van der Waals surface area contributed by atoms with Gasteiger partial charge in [0.1, 0.15) is 0 Å². The molecule has 1 N–H and O–H groups in total. The Balaban J connectivity index is 2.82. The van der Waals surface area contributed by atoms with Crippen LogP contribution < -0.4 is 5.32 Å². The summed E-state index contributed by atoms with van der Waals surface area (Å²) in [6.07, 6.45) is 1.96. The first-order valence-electron chi connectivity index (χ1n) is 8.02. The summed E-state index contributed by atoms with van der Waals surface area (Å²) in [5, 5.41) is 2.84. The Kier molecular flexibility index (Phi) is 7.22. The van der Waals surface area contributed by atoms with Crippen LogP contribution in [0.1, 0.15) is 50.9 Å². The smallest absolute Gasteiger partial charge is 0.251 e. The number of nitrogens with one attached hydrogen (secondary N) is 1. The van der Waals surface area contributed by atoms with Gasteiger partial charge in [-0.3, -0.25) is 4.79 Å². The average Bonchev–Trinajstić information content (AvgIpc) is 2.50. The number of nitrogens with zero attached hydrogens (tertiary/aromatic N) is 1. The van der Waals surface area contributed by atoms with E-state index in [1.165, 1.54) is 16.4 Å². The molecule has 0 aliphatic heterocycles. The fraction of sp³-hybridized carbons (Fsp3) is 0.588. The molecule has 1 rings (SSSR count). The molecule has 130 valence electrons. The second kappa shape index (κ2) is 8.45. The fourth-order valence-electron chi connectivity index (χ4n) is 2.06. The quantitative estimate of drug-likeness (QED) is 0.740. The molecule has 0 saturated carbocycles. The highest BCUT2D eigenvalue weighted by Crippen LogP contribution is 2.17. The summed E-state index contributed by atoms with van der Waals surface area (Å²) in [4.78, 5) is 12.3.